The van der Waals surface area contributed by atoms with E-state index in [0.29, 0.717) is 5.92 Å². The molecule has 1 aromatic rings. The van der Waals surface area contributed by atoms with Gasteiger partial charge in [-0.25, -0.2) is 0 Å². The van der Waals surface area contributed by atoms with Crippen molar-refractivity contribution in [1.29, 1.82) is 0 Å². The first kappa shape index (κ1) is 9.48. The van der Waals surface area contributed by atoms with Crippen molar-refractivity contribution in [2.75, 3.05) is 6.61 Å². The van der Waals surface area contributed by atoms with Crippen LogP contribution >= 0.6 is 9.30 Å². The summed E-state index contributed by atoms with van der Waals surface area (Å²) in [5.41, 5.74) is 2.67. The van der Waals surface area contributed by atoms with Crippen molar-refractivity contribution in [3.05, 3.63) is 41.5 Å². The number of fused-ring (bicyclic) bond motifs is 1. The molecule has 0 aromatic heterocycles. The Kier molecular flexibility index (Phi) is 3.23. The van der Waals surface area contributed by atoms with Gasteiger partial charge in [0.05, 0.1) is 0 Å². The van der Waals surface area contributed by atoms with Gasteiger partial charge in [-0.2, -0.15) is 0 Å². The van der Waals surface area contributed by atoms with Gasteiger partial charge in [0.1, 0.15) is 0 Å². The zero-order valence-electron chi connectivity index (χ0n) is 7.03. The zero-order valence-corrected chi connectivity index (χ0v) is 9.35. The summed E-state index contributed by atoms with van der Waals surface area (Å²) >= 11 is -0.676. The van der Waals surface area contributed by atoms with E-state index in [4.69, 9.17) is 12.6 Å². The van der Waals surface area contributed by atoms with Crippen LogP contribution in [-0.4, -0.2) is 6.61 Å². The molecule has 1 atom stereocenters. The molecular weight excluding hydrogens is 219 g/mol. The summed E-state index contributed by atoms with van der Waals surface area (Å²) in [7, 11) is 5.59. The standard InChI is InChI=1S/C10H9O.ClH.Ti/c11-7-9-6-5-8-3-1-2-4-10(8)9;;/h1-6,9H,7H2;1H;/q-1;;+2/p-1. The fourth-order valence-corrected chi connectivity index (χ4v) is 2.23. The second-order valence-electron chi connectivity index (χ2n) is 2.98. The van der Waals surface area contributed by atoms with Gasteiger partial charge in [-0.15, -0.1) is 0 Å². The molecule has 0 aliphatic heterocycles. The normalized spacial score (nSPS) is 18.7. The van der Waals surface area contributed by atoms with E-state index in [0.717, 1.165) is 6.61 Å². The van der Waals surface area contributed by atoms with Crippen LogP contribution in [0.3, 0.4) is 0 Å². The summed E-state index contributed by atoms with van der Waals surface area (Å²) in [5, 5.41) is 0. The van der Waals surface area contributed by atoms with Gasteiger partial charge in [-0.1, -0.05) is 0 Å². The van der Waals surface area contributed by atoms with Gasteiger partial charge in [0.2, 0.25) is 0 Å². The van der Waals surface area contributed by atoms with Gasteiger partial charge in [0.25, 0.3) is 0 Å². The molecular formula is C10H9ClOTi. The Balaban J connectivity index is 2.14. The molecule has 0 saturated heterocycles. The van der Waals surface area contributed by atoms with Crippen LogP contribution in [0.5, 0.6) is 0 Å². The van der Waals surface area contributed by atoms with Gasteiger partial charge >= 0.3 is 91.2 Å². The second kappa shape index (κ2) is 4.43. The minimum atomic E-state index is -0.676. The first-order valence-corrected chi connectivity index (χ1v) is 6.95. The van der Waals surface area contributed by atoms with Crippen molar-refractivity contribution in [2.24, 2.45) is 0 Å². The van der Waals surface area contributed by atoms with E-state index in [1.54, 1.807) is 0 Å². The average molecular weight is 229 g/mol. The van der Waals surface area contributed by atoms with Crippen LogP contribution in [-0.2, 0) is 21.8 Å². The Labute approximate surface area is 91.0 Å². The fourth-order valence-electron chi connectivity index (χ4n) is 1.59. The molecule has 2 rings (SSSR count). The van der Waals surface area contributed by atoms with Crippen molar-refractivity contribution in [2.45, 2.75) is 5.92 Å². The predicted molar refractivity (Wildman–Crippen MR) is 50.0 cm³/mol. The third-order valence-electron chi connectivity index (χ3n) is 2.22. The topological polar surface area (TPSA) is 9.23 Å². The number of hydrogen-bond acceptors (Lipinski definition) is 1. The molecule has 1 aliphatic rings. The number of benzene rings is 1. The van der Waals surface area contributed by atoms with E-state index in [1.807, 2.05) is 0 Å². The molecule has 0 radical (unpaired) electrons. The van der Waals surface area contributed by atoms with Crippen molar-refractivity contribution in [1.82, 2.24) is 0 Å². The first-order valence-electron chi connectivity index (χ1n) is 4.16. The van der Waals surface area contributed by atoms with E-state index < -0.39 is 18.5 Å². The monoisotopic (exact) mass is 228 g/mol. The van der Waals surface area contributed by atoms with Crippen molar-refractivity contribution in [3.8, 4) is 0 Å². The number of hydrogen-bond donors (Lipinski definition) is 0. The molecule has 0 amide bonds. The summed E-state index contributed by atoms with van der Waals surface area (Å²) in [5.74, 6) is 0.415. The third kappa shape index (κ3) is 2.05. The van der Waals surface area contributed by atoms with E-state index >= 15 is 0 Å². The van der Waals surface area contributed by atoms with Crippen molar-refractivity contribution in [3.63, 3.8) is 0 Å². The molecule has 1 nitrogen and oxygen atoms in total. The van der Waals surface area contributed by atoms with Crippen LogP contribution in [0.4, 0.5) is 0 Å². The van der Waals surface area contributed by atoms with Gasteiger partial charge in [-0.05, 0) is 0 Å². The molecule has 1 aliphatic carbocycles. The summed E-state index contributed by atoms with van der Waals surface area (Å²) in [6, 6.07) is 8.40. The van der Waals surface area contributed by atoms with E-state index in [2.05, 4.69) is 36.4 Å². The molecule has 3 heteroatoms. The first-order chi connectivity index (χ1) is 6.42. The Morgan fingerprint density at radius 2 is 2.23 bits per heavy atom. The zero-order chi connectivity index (χ0) is 9.10. The Hall–Kier alpha value is -0.0757. The minimum absolute atomic E-state index is 0.415. The Bertz CT molecular complexity index is 324. The molecule has 0 heterocycles. The maximum absolute atomic E-state index is 5.59. The average Bonchev–Trinajstić information content (AvgIpc) is 2.58. The summed E-state index contributed by atoms with van der Waals surface area (Å²) in [6.07, 6.45) is 4.33. The van der Waals surface area contributed by atoms with Gasteiger partial charge < -0.3 is 0 Å². The fraction of sp³-hybridized carbons (Fsp3) is 0.200. The third-order valence-corrected chi connectivity index (χ3v) is 3.10. The summed E-state index contributed by atoms with van der Waals surface area (Å²) < 4.78 is 5.31. The van der Waals surface area contributed by atoms with Crippen LogP contribution in [0.2, 0.25) is 0 Å². The Morgan fingerprint density at radius 1 is 1.38 bits per heavy atom. The van der Waals surface area contributed by atoms with Crippen LogP contribution < -0.4 is 0 Å². The van der Waals surface area contributed by atoms with Crippen LogP contribution in [0.25, 0.3) is 6.08 Å². The SMILES string of the molecule is [Cl][Ti][O]CC1C=Cc2ccccc21. The van der Waals surface area contributed by atoms with Crippen LogP contribution in [0, 0.1) is 0 Å². The molecule has 0 spiro atoms. The quantitative estimate of drug-likeness (QED) is 0.723. The van der Waals surface area contributed by atoms with E-state index in [-0.39, 0.29) is 0 Å². The second-order valence-corrected chi connectivity index (χ2v) is 4.31. The number of halogens is 1. The molecule has 66 valence electrons. The molecule has 0 saturated carbocycles. The molecule has 0 bridgehead atoms. The van der Waals surface area contributed by atoms with Crippen molar-refractivity contribution >= 4 is 15.4 Å². The summed E-state index contributed by atoms with van der Waals surface area (Å²) in [6.45, 7) is 0.733. The molecule has 0 fully saturated rings. The molecule has 1 unspecified atom stereocenters. The van der Waals surface area contributed by atoms with Crippen molar-refractivity contribution < 1.29 is 21.8 Å². The van der Waals surface area contributed by atoms with Crippen LogP contribution in [0.1, 0.15) is 17.0 Å². The van der Waals surface area contributed by atoms with Gasteiger partial charge in [0, 0.05) is 0 Å². The Morgan fingerprint density at radius 3 is 3.08 bits per heavy atom. The van der Waals surface area contributed by atoms with E-state index in [1.165, 1.54) is 11.1 Å². The molecule has 13 heavy (non-hydrogen) atoms. The van der Waals surface area contributed by atoms with Gasteiger partial charge in [0.15, 0.2) is 0 Å². The van der Waals surface area contributed by atoms with Gasteiger partial charge in [-0.3, -0.25) is 0 Å². The van der Waals surface area contributed by atoms with Crippen LogP contribution in [0.15, 0.2) is 30.3 Å². The number of rotatable bonds is 3. The maximum atomic E-state index is 5.59. The molecule has 0 N–H and O–H groups in total. The summed E-state index contributed by atoms with van der Waals surface area (Å²) in [4.78, 5) is 0. The molecule has 1 aromatic carbocycles. The van der Waals surface area contributed by atoms with E-state index in [9.17, 15) is 0 Å². The predicted octanol–water partition coefficient (Wildman–Crippen LogP) is 2.96.